The third-order valence-electron chi connectivity index (χ3n) is 3.82. The molecule has 0 aromatic rings. The maximum absolute atomic E-state index is 12.2. The van der Waals surface area contributed by atoms with Crippen molar-refractivity contribution in [3.63, 3.8) is 0 Å². The van der Waals surface area contributed by atoms with Gasteiger partial charge >= 0.3 is 0 Å². The van der Waals surface area contributed by atoms with Gasteiger partial charge in [0.05, 0.1) is 5.57 Å². The molecule has 2 N–H and O–H groups in total. The number of carbonyl (C=O) groups excluding carboxylic acids is 2. The van der Waals surface area contributed by atoms with Crippen LogP contribution in [0.3, 0.4) is 0 Å². The lowest BCUT2D eigenvalue weighted by molar-refractivity contribution is -0.118. The zero-order valence-corrected chi connectivity index (χ0v) is 15.5. The van der Waals surface area contributed by atoms with Crippen LogP contribution in [0, 0.1) is 16.7 Å². The summed E-state index contributed by atoms with van der Waals surface area (Å²) >= 11 is 0. The number of Topliss-reactive ketones (excluding diaryl/α,β-unsaturated/α-hetero) is 1. The van der Waals surface area contributed by atoms with E-state index in [9.17, 15) is 9.59 Å². The number of nitrogens with one attached hydrogen (secondary N) is 2. The number of hydrogen-bond donors (Lipinski definition) is 2. The van der Waals surface area contributed by atoms with E-state index in [2.05, 4.69) is 33.0 Å². The van der Waals surface area contributed by atoms with Crippen LogP contribution >= 0.6 is 0 Å². The fourth-order valence-corrected chi connectivity index (χ4v) is 1.68. The molecule has 1 amide bonds. The van der Waals surface area contributed by atoms with Crippen molar-refractivity contribution >= 4 is 17.9 Å². The quantitative estimate of drug-likeness (QED) is 0.410. The van der Waals surface area contributed by atoms with E-state index in [-0.39, 0.29) is 34.2 Å². The summed E-state index contributed by atoms with van der Waals surface area (Å²) in [5, 5.41) is 10.2. The lowest BCUT2D eigenvalue weighted by Crippen LogP contribution is -2.33. The fraction of sp³-hybridized carbons (Fsp3) is 0.611. The highest BCUT2D eigenvalue weighted by Gasteiger charge is 2.19. The van der Waals surface area contributed by atoms with Crippen molar-refractivity contribution in [3.8, 4) is 0 Å². The molecular weight excluding hydrogens is 290 g/mol. The van der Waals surface area contributed by atoms with Crippen molar-refractivity contribution in [2.24, 2.45) is 11.3 Å². The number of carbonyl (C=O) groups is 2. The molecule has 0 rings (SSSR count). The maximum Gasteiger partial charge on any atom is 0.253 e. The first-order valence-electron chi connectivity index (χ1n) is 7.87. The van der Waals surface area contributed by atoms with E-state index in [4.69, 9.17) is 5.41 Å². The van der Waals surface area contributed by atoms with E-state index < -0.39 is 0 Å². The average molecular weight is 321 g/mol. The molecular formula is C18H31N3O2. The van der Waals surface area contributed by atoms with Crippen LogP contribution < -0.4 is 5.32 Å². The van der Waals surface area contributed by atoms with Gasteiger partial charge < -0.3 is 15.6 Å². The van der Waals surface area contributed by atoms with Gasteiger partial charge in [0.1, 0.15) is 0 Å². The highest BCUT2D eigenvalue weighted by Crippen LogP contribution is 2.26. The van der Waals surface area contributed by atoms with Gasteiger partial charge in [-0.1, -0.05) is 39.8 Å². The molecule has 0 aromatic heterocycles. The monoisotopic (exact) mass is 321 g/mol. The maximum atomic E-state index is 12.2. The molecule has 130 valence electrons. The Hall–Kier alpha value is -1.75. The number of nitrogens with zero attached hydrogens (tertiary/aromatic N) is 1. The smallest absolute Gasteiger partial charge is 0.253 e. The average Bonchev–Trinajstić information content (AvgIpc) is 2.40. The molecule has 0 aromatic carbocycles. The second kappa shape index (κ2) is 9.40. The Kier molecular flexibility index (Phi) is 8.69. The van der Waals surface area contributed by atoms with Gasteiger partial charge in [-0.05, 0) is 32.4 Å². The van der Waals surface area contributed by atoms with Crippen LogP contribution in [0.15, 0.2) is 23.3 Å². The predicted molar refractivity (Wildman–Crippen MR) is 95.8 cm³/mol. The Labute approximate surface area is 140 Å². The largest absolute Gasteiger partial charge is 0.351 e. The molecule has 5 nitrogen and oxygen atoms in total. The van der Waals surface area contributed by atoms with E-state index in [1.807, 2.05) is 25.1 Å². The van der Waals surface area contributed by atoms with Crippen molar-refractivity contribution in [1.82, 2.24) is 10.2 Å². The SMILES string of the molecule is CC(=O)C(C=CC(C)C(C)(C)C)=C(C=N)C(=O)NCCN(C)C. The Morgan fingerprint density at radius 2 is 1.78 bits per heavy atom. The molecule has 1 atom stereocenters. The molecule has 23 heavy (non-hydrogen) atoms. The topological polar surface area (TPSA) is 73.3 Å². The van der Waals surface area contributed by atoms with Gasteiger partial charge in [0.25, 0.3) is 5.91 Å². The Morgan fingerprint density at radius 1 is 1.22 bits per heavy atom. The minimum absolute atomic E-state index is 0.0667. The number of allylic oxidation sites excluding steroid dienone is 3. The van der Waals surface area contributed by atoms with Crippen LogP contribution in [-0.2, 0) is 9.59 Å². The van der Waals surface area contributed by atoms with Crippen LogP contribution in [0.1, 0.15) is 34.6 Å². The molecule has 0 spiro atoms. The standard InChI is InChI=1S/C18H31N3O2/c1-13(18(3,4)5)8-9-15(14(2)22)16(12-19)17(23)20-10-11-21(6)7/h8-9,12-13,19H,10-11H2,1-7H3,(H,20,23). The Bertz CT molecular complexity index is 497. The summed E-state index contributed by atoms with van der Waals surface area (Å²) in [6, 6.07) is 0. The normalized spacial score (nSPS) is 14.6. The third-order valence-corrected chi connectivity index (χ3v) is 3.82. The number of rotatable bonds is 8. The van der Waals surface area contributed by atoms with Crippen LogP contribution in [0.2, 0.25) is 0 Å². The molecule has 0 aliphatic rings. The molecule has 1 unspecified atom stereocenters. The summed E-state index contributed by atoms with van der Waals surface area (Å²) in [6.07, 6.45) is 4.55. The van der Waals surface area contributed by atoms with Gasteiger partial charge in [-0.25, -0.2) is 0 Å². The minimum atomic E-state index is -0.389. The van der Waals surface area contributed by atoms with Crippen LogP contribution in [0.25, 0.3) is 0 Å². The molecule has 0 heterocycles. The second-order valence-corrected chi connectivity index (χ2v) is 7.10. The summed E-state index contributed by atoms with van der Waals surface area (Å²) in [4.78, 5) is 26.1. The highest BCUT2D eigenvalue weighted by atomic mass is 16.2. The van der Waals surface area contributed by atoms with E-state index in [1.54, 1.807) is 6.08 Å². The third kappa shape index (κ3) is 7.88. The van der Waals surface area contributed by atoms with Gasteiger partial charge in [0, 0.05) is 24.9 Å². The van der Waals surface area contributed by atoms with Gasteiger partial charge in [-0.2, -0.15) is 0 Å². The van der Waals surface area contributed by atoms with E-state index in [0.29, 0.717) is 13.1 Å². The number of ketones is 1. The first kappa shape index (κ1) is 21.2. The second-order valence-electron chi connectivity index (χ2n) is 7.10. The number of amides is 1. The molecule has 0 aliphatic heterocycles. The van der Waals surface area contributed by atoms with Crippen molar-refractivity contribution in [2.75, 3.05) is 27.2 Å². The van der Waals surface area contributed by atoms with E-state index in [0.717, 1.165) is 6.21 Å². The first-order chi connectivity index (χ1) is 10.5. The van der Waals surface area contributed by atoms with Gasteiger partial charge in [0.2, 0.25) is 0 Å². The van der Waals surface area contributed by atoms with E-state index in [1.165, 1.54) is 6.92 Å². The zero-order valence-electron chi connectivity index (χ0n) is 15.5. The summed E-state index contributed by atoms with van der Waals surface area (Å²) in [6.45, 7) is 11.0. The van der Waals surface area contributed by atoms with Gasteiger partial charge in [-0.3, -0.25) is 9.59 Å². The summed E-state index contributed by atoms with van der Waals surface area (Å²) in [5.41, 5.74) is 0.448. The molecule has 0 bridgehead atoms. The lowest BCUT2D eigenvalue weighted by Gasteiger charge is -2.24. The zero-order chi connectivity index (χ0) is 18.2. The minimum Gasteiger partial charge on any atom is -0.351 e. The van der Waals surface area contributed by atoms with Gasteiger partial charge in [-0.15, -0.1) is 0 Å². The molecule has 0 radical (unpaired) electrons. The van der Waals surface area contributed by atoms with Crippen LogP contribution in [0.4, 0.5) is 0 Å². The number of likely N-dealkylation sites (N-methyl/N-ethyl adjacent to an activating group) is 1. The van der Waals surface area contributed by atoms with Crippen LogP contribution in [0.5, 0.6) is 0 Å². The Morgan fingerprint density at radius 3 is 2.17 bits per heavy atom. The molecule has 0 aliphatic carbocycles. The molecule has 0 fully saturated rings. The summed E-state index contributed by atoms with van der Waals surface area (Å²) in [7, 11) is 3.83. The lowest BCUT2D eigenvalue weighted by atomic mass is 9.81. The molecule has 0 saturated heterocycles. The van der Waals surface area contributed by atoms with Gasteiger partial charge in [0.15, 0.2) is 5.78 Å². The predicted octanol–water partition coefficient (Wildman–Crippen LogP) is 2.44. The summed E-state index contributed by atoms with van der Waals surface area (Å²) in [5.74, 6) is -0.371. The van der Waals surface area contributed by atoms with Crippen molar-refractivity contribution in [3.05, 3.63) is 23.3 Å². The van der Waals surface area contributed by atoms with E-state index >= 15 is 0 Å². The van der Waals surface area contributed by atoms with Crippen molar-refractivity contribution in [2.45, 2.75) is 34.6 Å². The molecule has 0 saturated carbocycles. The first-order valence-corrected chi connectivity index (χ1v) is 7.87. The highest BCUT2D eigenvalue weighted by molar-refractivity contribution is 6.18. The van der Waals surface area contributed by atoms with Crippen molar-refractivity contribution in [1.29, 1.82) is 5.41 Å². The van der Waals surface area contributed by atoms with Crippen LogP contribution in [-0.4, -0.2) is 50.0 Å². The molecule has 5 heteroatoms. The fourth-order valence-electron chi connectivity index (χ4n) is 1.68. The summed E-state index contributed by atoms with van der Waals surface area (Å²) < 4.78 is 0. The Balaban J connectivity index is 5.35. The number of hydrogen-bond acceptors (Lipinski definition) is 4. The van der Waals surface area contributed by atoms with Crippen molar-refractivity contribution < 1.29 is 9.59 Å².